The van der Waals surface area contributed by atoms with Gasteiger partial charge in [0.2, 0.25) is 5.95 Å². The van der Waals surface area contributed by atoms with Gasteiger partial charge in [-0.3, -0.25) is 0 Å². The van der Waals surface area contributed by atoms with Gasteiger partial charge >= 0.3 is 0 Å². The van der Waals surface area contributed by atoms with E-state index < -0.39 is 0 Å². The van der Waals surface area contributed by atoms with Crippen molar-refractivity contribution in [1.82, 2.24) is 9.97 Å². The molecule has 0 saturated carbocycles. The molecule has 0 unspecified atom stereocenters. The molecule has 0 atom stereocenters. The van der Waals surface area contributed by atoms with E-state index in [1.165, 1.54) is 0 Å². The molecule has 0 amide bonds. The highest BCUT2D eigenvalue weighted by Gasteiger charge is 2.10. The number of rotatable bonds is 3. The SMILES string of the molecule is COc1ccc(-c2cnc(N)nc2Cl)cc1OC. The molecule has 6 heteroatoms. The van der Waals surface area contributed by atoms with E-state index in [1.807, 2.05) is 6.07 Å². The van der Waals surface area contributed by atoms with E-state index in [9.17, 15) is 0 Å². The highest BCUT2D eigenvalue weighted by atomic mass is 35.5. The number of hydrogen-bond donors (Lipinski definition) is 1. The summed E-state index contributed by atoms with van der Waals surface area (Å²) in [6.07, 6.45) is 1.58. The number of methoxy groups -OCH3 is 2. The van der Waals surface area contributed by atoms with Gasteiger partial charge in [-0.2, -0.15) is 0 Å². The largest absolute Gasteiger partial charge is 0.493 e. The predicted octanol–water partition coefficient (Wildman–Crippen LogP) is 2.40. The lowest BCUT2D eigenvalue weighted by Gasteiger charge is -2.10. The molecular formula is C12H12ClN3O2. The Hall–Kier alpha value is -2.01. The number of anilines is 1. The van der Waals surface area contributed by atoms with Crippen LogP contribution in [0.3, 0.4) is 0 Å². The van der Waals surface area contributed by atoms with Crippen LogP contribution in [0.4, 0.5) is 5.95 Å². The molecule has 0 bridgehead atoms. The molecule has 0 spiro atoms. The fraction of sp³-hybridized carbons (Fsp3) is 0.167. The van der Waals surface area contributed by atoms with Crippen molar-refractivity contribution in [2.75, 3.05) is 20.0 Å². The summed E-state index contributed by atoms with van der Waals surface area (Å²) in [6.45, 7) is 0. The number of nitrogens with zero attached hydrogens (tertiary/aromatic N) is 2. The number of ether oxygens (including phenoxy) is 2. The topological polar surface area (TPSA) is 70.3 Å². The molecule has 0 radical (unpaired) electrons. The average molecular weight is 266 g/mol. The van der Waals surface area contributed by atoms with Crippen molar-refractivity contribution in [3.05, 3.63) is 29.5 Å². The Morgan fingerprint density at radius 2 is 1.89 bits per heavy atom. The molecule has 18 heavy (non-hydrogen) atoms. The van der Waals surface area contributed by atoms with Crippen molar-refractivity contribution >= 4 is 17.5 Å². The van der Waals surface area contributed by atoms with E-state index in [0.29, 0.717) is 22.2 Å². The number of benzene rings is 1. The van der Waals surface area contributed by atoms with Crippen LogP contribution in [-0.2, 0) is 0 Å². The summed E-state index contributed by atoms with van der Waals surface area (Å²) >= 11 is 6.03. The predicted molar refractivity (Wildman–Crippen MR) is 70.0 cm³/mol. The Labute approximate surface area is 110 Å². The van der Waals surface area contributed by atoms with Crippen LogP contribution in [0.5, 0.6) is 11.5 Å². The van der Waals surface area contributed by atoms with E-state index in [4.69, 9.17) is 26.8 Å². The minimum Gasteiger partial charge on any atom is -0.493 e. The van der Waals surface area contributed by atoms with Gasteiger partial charge < -0.3 is 15.2 Å². The van der Waals surface area contributed by atoms with Gasteiger partial charge in [0.25, 0.3) is 0 Å². The van der Waals surface area contributed by atoms with Crippen molar-refractivity contribution in [2.24, 2.45) is 0 Å². The minimum atomic E-state index is 0.143. The third-order valence-corrected chi connectivity index (χ3v) is 2.74. The van der Waals surface area contributed by atoms with Crippen LogP contribution in [0.25, 0.3) is 11.1 Å². The van der Waals surface area contributed by atoms with Crippen LogP contribution in [0.1, 0.15) is 0 Å². The van der Waals surface area contributed by atoms with Crippen LogP contribution in [0, 0.1) is 0 Å². The molecule has 2 N–H and O–H groups in total. The molecule has 1 aromatic heterocycles. The molecule has 0 fully saturated rings. The van der Waals surface area contributed by atoms with Gasteiger partial charge in [-0.05, 0) is 17.7 Å². The lowest BCUT2D eigenvalue weighted by molar-refractivity contribution is 0.355. The molecule has 0 aliphatic carbocycles. The maximum absolute atomic E-state index is 6.03. The normalized spacial score (nSPS) is 10.2. The summed E-state index contributed by atoms with van der Waals surface area (Å²) in [4.78, 5) is 7.83. The quantitative estimate of drug-likeness (QED) is 0.863. The van der Waals surface area contributed by atoms with Crippen molar-refractivity contribution < 1.29 is 9.47 Å². The Kier molecular flexibility index (Phi) is 3.53. The molecule has 0 saturated heterocycles. The zero-order chi connectivity index (χ0) is 13.1. The molecule has 1 heterocycles. The minimum absolute atomic E-state index is 0.143. The highest BCUT2D eigenvalue weighted by Crippen LogP contribution is 2.34. The number of halogens is 1. The lowest BCUT2D eigenvalue weighted by Crippen LogP contribution is -1.96. The number of hydrogen-bond acceptors (Lipinski definition) is 5. The third-order valence-electron chi connectivity index (χ3n) is 2.46. The van der Waals surface area contributed by atoms with Gasteiger partial charge in [-0.1, -0.05) is 17.7 Å². The second kappa shape index (κ2) is 5.10. The molecule has 5 nitrogen and oxygen atoms in total. The second-order valence-electron chi connectivity index (χ2n) is 3.50. The Balaban J connectivity index is 2.51. The Bertz CT molecular complexity index is 575. The van der Waals surface area contributed by atoms with E-state index in [0.717, 1.165) is 5.56 Å². The van der Waals surface area contributed by atoms with Crippen molar-refractivity contribution in [2.45, 2.75) is 0 Å². The summed E-state index contributed by atoms with van der Waals surface area (Å²) in [5.74, 6) is 1.40. The fourth-order valence-corrected chi connectivity index (χ4v) is 1.82. The van der Waals surface area contributed by atoms with Crippen molar-refractivity contribution in [1.29, 1.82) is 0 Å². The Morgan fingerprint density at radius 3 is 2.50 bits per heavy atom. The summed E-state index contributed by atoms with van der Waals surface area (Å²) in [5.41, 5.74) is 6.97. The first-order valence-corrected chi connectivity index (χ1v) is 5.54. The van der Waals surface area contributed by atoms with Crippen molar-refractivity contribution in [3.63, 3.8) is 0 Å². The van der Waals surface area contributed by atoms with E-state index in [1.54, 1.807) is 32.5 Å². The van der Waals surface area contributed by atoms with Gasteiger partial charge in [-0.15, -0.1) is 0 Å². The van der Waals surface area contributed by atoms with Crippen LogP contribution in [0.15, 0.2) is 24.4 Å². The summed E-state index contributed by atoms with van der Waals surface area (Å²) in [7, 11) is 3.15. The van der Waals surface area contributed by atoms with Crippen molar-refractivity contribution in [3.8, 4) is 22.6 Å². The maximum atomic E-state index is 6.03. The first kappa shape index (κ1) is 12.4. The zero-order valence-electron chi connectivity index (χ0n) is 9.98. The molecule has 2 rings (SSSR count). The molecule has 2 aromatic rings. The molecular weight excluding hydrogens is 254 g/mol. The number of aromatic nitrogens is 2. The molecule has 0 aliphatic rings. The second-order valence-corrected chi connectivity index (χ2v) is 3.86. The first-order chi connectivity index (χ1) is 8.65. The third kappa shape index (κ3) is 2.31. The summed E-state index contributed by atoms with van der Waals surface area (Å²) < 4.78 is 10.4. The highest BCUT2D eigenvalue weighted by molar-refractivity contribution is 6.32. The monoisotopic (exact) mass is 265 g/mol. The van der Waals surface area contributed by atoms with Crippen LogP contribution < -0.4 is 15.2 Å². The molecule has 0 aliphatic heterocycles. The van der Waals surface area contributed by atoms with E-state index >= 15 is 0 Å². The first-order valence-electron chi connectivity index (χ1n) is 5.16. The van der Waals surface area contributed by atoms with Gasteiger partial charge in [-0.25, -0.2) is 9.97 Å². The van der Waals surface area contributed by atoms with Gasteiger partial charge in [0, 0.05) is 11.8 Å². The summed E-state index contributed by atoms with van der Waals surface area (Å²) in [6, 6.07) is 5.45. The standard InChI is InChI=1S/C12H12ClN3O2/c1-17-9-4-3-7(5-10(9)18-2)8-6-15-12(14)16-11(8)13/h3-6H,1-2H3,(H2,14,15,16). The average Bonchev–Trinajstić information content (AvgIpc) is 2.38. The van der Waals surface area contributed by atoms with Gasteiger partial charge in [0.05, 0.1) is 14.2 Å². The van der Waals surface area contributed by atoms with E-state index in [-0.39, 0.29) is 5.95 Å². The maximum Gasteiger partial charge on any atom is 0.221 e. The van der Waals surface area contributed by atoms with E-state index in [2.05, 4.69) is 9.97 Å². The van der Waals surface area contributed by atoms with Crippen LogP contribution in [0.2, 0.25) is 5.15 Å². The van der Waals surface area contributed by atoms with Crippen LogP contribution >= 0.6 is 11.6 Å². The molecule has 94 valence electrons. The van der Waals surface area contributed by atoms with Gasteiger partial charge in [0.15, 0.2) is 11.5 Å². The molecule has 1 aromatic carbocycles. The smallest absolute Gasteiger partial charge is 0.221 e. The zero-order valence-corrected chi connectivity index (χ0v) is 10.7. The fourth-order valence-electron chi connectivity index (χ4n) is 1.57. The summed E-state index contributed by atoms with van der Waals surface area (Å²) in [5, 5.41) is 0.301. The number of nitrogen functional groups attached to an aromatic ring is 1. The number of nitrogens with two attached hydrogens (primary N) is 1. The lowest BCUT2D eigenvalue weighted by atomic mass is 10.1. The van der Waals surface area contributed by atoms with Crippen LogP contribution in [-0.4, -0.2) is 24.2 Å². The van der Waals surface area contributed by atoms with Gasteiger partial charge in [0.1, 0.15) is 5.15 Å². The Morgan fingerprint density at radius 1 is 1.17 bits per heavy atom.